The first-order valence-electron chi connectivity index (χ1n) is 7.04. The first kappa shape index (κ1) is 14.8. The second-order valence-electron chi connectivity index (χ2n) is 5.18. The molecule has 0 spiro atoms. The summed E-state index contributed by atoms with van der Waals surface area (Å²) in [6, 6.07) is 3.39. The molecule has 0 aliphatic carbocycles. The van der Waals surface area contributed by atoms with E-state index in [1.165, 1.54) is 0 Å². The van der Waals surface area contributed by atoms with Crippen molar-refractivity contribution in [2.45, 2.75) is 32.7 Å². The lowest BCUT2D eigenvalue weighted by atomic mass is 9.97. The van der Waals surface area contributed by atoms with Crippen LogP contribution < -0.4 is 5.32 Å². The maximum atomic E-state index is 14.2. The Hall–Kier alpha value is -0.640. The maximum absolute atomic E-state index is 14.2. The summed E-state index contributed by atoms with van der Waals surface area (Å²) >= 11 is 6.37. The molecule has 0 aromatic heterocycles. The Morgan fingerprint density at radius 3 is 2.68 bits per heavy atom. The molecule has 0 saturated carbocycles. The highest BCUT2D eigenvalue weighted by Gasteiger charge is 2.26. The zero-order chi connectivity index (χ0) is 13.8. The van der Waals surface area contributed by atoms with E-state index >= 15 is 0 Å². The van der Waals surface area contributed by atoms with Gasteiger partial charge in [-0.3, -0.25) is 4.90 Å². The first-order valence-corrected chi connectivity index (χ1v) is 7.42. The molecule has 0 bridgehead atoms. The van der Waals surface area contributed by atoms with Crippen LogP contribution in [0.3, 0.4) is 0 Å². The summed E-state index contributed by atoms with van der Waals surface area (Å²) in [5.74, 6) is -0.174. The first-order chi connectivity index (χ1) is 9.15. The molecule has 0 radical (unpaired) electrons. The van der Waals surface area contributed by atoms with E-state index in [1.54, 1.807) is 12.1 Å². The van der Waals surface area contributed by atoms with Crippen molar-refractivity contribution in [1.29, 1.82) is 0 Å². The fourth-order valence-electron chi connectivity index (χ4n) is 2.76. The van der Waals surface area contributed by atoms with E-state index in [2.05, 4.69) is 17.1 Å². The number of hydrogen-bond donors (Lipinski definition) is 1. The maximum Gasteiger partial charge on any atom is 0.129 e. The monoisotopic (exact) mass is 284 g/mol. The largest absolute Gasteiger partial charge is 0.314 e. The molecule has 0 amide bonds. The van der Waals surface area contributed by atoms with Gasteiger partial charge in [-0.05, 0) is 25.0 Å². The standard InChI is InChI=1S/C15H22ClFN2/c1-3-4-13(19-9-7-18-8-10-19)14-12(17)6-5-11(2)15(14)16/h5-6,13,18H,3-4,7-10H2,1-2H3/t13-/m1/s1. The Labute approximate surface area is 119 Å². The molecule has 1 aliphatic heterocycles. The van der Waals surface area contributed by atoms with Gasteiger partial charge in [-0.25, -0.2) is 4.39 Å². The van der Waals surface area contributed by atoms with Gasteiger partial charge in [0.15, 0.2) is 0 Å². The molecule has 1 aromatic rings. The summed E-state index contributed by atoms with van der Waals surface area (Å²) in [7, 11) is 0. The smallest absolute Gasteiger partial charge is 0.129 e. The second-order valence-corrected chi connectivity index (χ2v) is 5.56. The molecule has 106 valence electrons. The van der Waals surface area contributed by atoms with Gasteiger partial charge in [0, 0.05) is 37.8 Å². The lowest BCUT2D eigenvalue weighted by Crippen LogP contribution is -2.45. The third-order valence-electron chi connectivity index (χ3n) is 3.81. The SMILES string of the molecule is CCC[C@H](c1c(F)ccc(C)c1Cl)N1CCNCC1. The average molecular weight is 285 g/mol. The molecule has 2 rings (SSSR count). The van der Waals surface area contributed by atoms with Crippen molar-refractivity contribution in [1.82, 2.24) is 10.2 Å². The number of aryl methyl sites for hydroxylation is 1. The number of hydrogen-bond acceptors (Lipinski definition) is 2. The summed E-state index contributed by atoms with van der Waals surface area (Å²) < 4.78 is 14.2. The summed E-state index contributed by atoms with van der Waals surface area (Å²) in [5.41, 5.74) is 1.64. The number of benzene rings is 1. The number of rotatable bonds is 4. The van der Waals surface area contributed by atoms with Crippen LogP contribution in [0.25, 0.3) is 0 Å². The molecule has 1 aliphatic rings. The van der Waals surface area contributed by atoms with Crippen molar-refractivity contribution in [2.24, 2.45) is 0 Å². The molecule has 1 atom stereocenters. The van der Waals surface area contributed by atoms with Gasteiger partial charge in [-0.15, -0.1) is 0 Å². The van der Waals surface area contributed by atoms with Crippen LogP contribution in [0.4, 0.5) is 4.39 Å². The lowest BCUT2D eigenvalue weighted by molar-refractivity contribution is 0.161. The predicted octanol–water partition coefficient (Wildman–Crippen LogP) is 3.53. The van der Waals surface area contributed by atoms with Crippen LogP contribution in [0.5, 0.6) is 0 Å². The Kier molecular flexibility index (Phi) is 5.20. The van der Waals surface area contributed by atoms with Gasteiger partial charge in [0.05, 0.1) is 5.02 Å². The lowest BCUT2D eigenvalue weighted by Gasteiger charge is -2.36. The molecule has 0 unspecified atom stereocenters. The Bertz CT molecular complexity index is 430. The number of nitrogens with one attached hydrogen (secondary N) is 1. The second kappa shape index (κ2) is 6.69. The number of piperazine rings is 1. The van der Waals surface area contributed by atoms with Crippen LogP contribution in [0.15, 0.2) is 12.1 Å². The van der Waals surface area contributed by atoms with E-state index in [0.29, 0.717) is 10.6 Å². The number of nitrogens with zero attached hydrogens (tertiary/aromatic N) is 1. The van der Waals surface area contributed by atoms with Gasteiger partial charge in [-0.2, -0.15) is 0 Å². The summed E-state index contributed by atoms with van der Waals surface area (Å²) in [6.07, 6.45) is 1.97. The summed E-state index contributed by atoms with van der Waals surface area (Å²) in [5, 5.41) is 3.93. The van der Waals surface area contributed by atoms with Gasteiger partial charge in [-0.1, -0.05) is 31.0 Å². The molecular formula is C15H22ClFN2. The molecule has 1 saturated heterocycles. The molecular weight excluding hydrogens is 263 g/mol. The normalized spacial score (nSPS) is 18.5. The van der Waals surface area contributed by atoms with E-state index in [1.807, 2.05) is 6.92 Å². The number of halogens is 2. The Balaban J connectivity index is 2.35. The van der Waals surface area contributed by atoms with Gasteiger partial charge in [0.2, 0.25) is 0 Å². The quantitative estimate of drug-likeness (QED) is 0.910. The van der Waals surface area contributed by atoms with Crippen LogP contribution in [-0.4, -0.2) is 31.1 Å². The molecule has 1 heterocycles. The molecule has 2 nitrogen and oxygen atoms in total. The van der Waals surface area contributed by atoms with E-state index < -0.39 is 0 Å². The van der Waals surface area contributed by atoms with Crippen LogP contribution in [-0.2, 0) is 0 Å². The summed E-state index contributed by atoms with van der Waals surface area (Å²) in [6.45, 7) is 7.90. The van der Waals surface area contributed by atoms with Crippen molar-refractivity contribution in [3.63, 3.8) is 0 Å². The van der Waals surface area contributed by atoms with Gasteiger partial charge < -0.3 is 5.32 Å². The van der Waals surface area contributed by atoms with Crippen molar-refractivity contribution < 1.29 is 4.39 Å². The fraction of sp³-hybridized carbons (Fsp3) is 0.600. The van der Waals surface area contributed by atoms with Gasteiger partial charge in [0.1, 0.15) is 5.82 Å². The van der Waals surface area contributed by atoms with E-state index in [9.17, 15) is 4.39 Å². The molecule has 1 N–H and O–H groups in total. The highest BCUT2D eigenvalue weighted by Crippen LogP contribution is 2.35. The van der Waals surface area contributed by atoms with Crippen molar-refractivity contribution in [3.05, 3.63) is 34.1 Å². The Morgan fingerprint density at radius 1 is 1.37 bits per heavy atom. The zero-order valence-corrected chi connectivity index (χ0v) is 12.4. The van der Waals surface area contributed by atoms with Crippen LogP contribution in [0.1, 0.15) is 36.9 Å². The van der Waals surface area contributed by atoms with Crippen molar-refractivity contribution in [2.75, 3.05) is 26.2 Å². The average Bonchev–Trinajstić information content (AvgIpc) is 2.43. The van der Waals surface area contributed by atoms with E-state index in [-0.39, 0.29) is 11.9 Å². The molecule has 19 heavy (non-hydrogen) atoms. The third-order valence-corrected chi connectivity index (χ3v) is 4.31. The highest BCUT2D eigenvalue weighted by molar-refractivity contribution is 6.32. The van der Waals surface area contributed by atoms with Crippen LogP contribution in [0, 0.1) is 12.7 Å². The minimum atomic E-state index is -0.174. The molecule has 1 aromatic carbocycles. The topological polar surface area (TPSA) is 15.3 Å². The highest BCUT2D eigenvalue weighted by atomic mass is 35.5. The third kappa shape index (κ3) is 3.28. The predicted molar refractivity (Wildman–Crippen MR) is 78.2 cm³/mol. The Morgan fingerprint density at radius 2 is 2.05 bits per heavy atom. The van der Waals surface area contributed by atoms with Crippen LogP contribution >= 0.6 is 11.6 Å². The van der Waals surface area contributed by atoms with Crippen LogP contribution in [0.2, 0.25) is 5.02 Å². The minimum absolute atomic E-state index is 0.0968. The molecule has 4 heteroatoms. The van der Waals surface area contributed by atoms with Gasteiger partial charge in [0.25, 0.3) is 0 Å². The van der Waals surface area contributed by atoms with E-state index in [4.69, 9.17) is 11.6 Å². The zero-order valence-electron chi connectivity index (χ0n) is 11.7. The van der Waals surface area contributed by atoms with Gasteiger partial charge >= 0.3 is 0 Å². The van der Waals surface area contributed by atoms with E-state index in [0.717, 1.165) is 44.6 Å². The van der Waals surface area contributed by atoms with Crippen molar-refractivity contribution in [3.8, 4) is 0 Å². The van der Waals surface area contributed by atoms with Crippen molar-refractivity contribution >= 4 is 11.6 Å². The minimum Gasteiger partial charge on any atom is -0.314 e. The molecule has 1 fully saturated rings. The fourth-order valence-corrected chi connectivity index (χ4v) is 3.04. The summed E-state index contributed by atoms with van der Waals surface area (Å²) in [4.78, 5) is 2.35.